The normalized spacial score (nSPS) is 22.6. The summed E-state index contributed by atoms with van der Waals surface area (Å²) in [6.45, 7) is 4.50. The number of rotatable bonds is 6. The number of hydrogen-bond donors (Lipinski definition) is 1. The summed E-state index contributed by atoms with van der Waals surface area (Å²) in [4.78, 5) is 4.48. The Morgan fingerprint density at radius 1 is 1.30 bits per heavy atom. The molecule has 3 rings (SSSR count). The van der Waals surface area contributed by atoms with Gasteiger partial charge in [0.25, 0.3) is 0 Å². The Hall–Kier alpha value is -1.35. The zero-order valence-corrected chi connectivity index (χ0v) is 12.4. The first kappa shape index (κ1) is 13.6. The molecule has 1 aromatic heterocycles. The largest absolute Gasteiger partial charge is 0.331 e. The zero-order chi connectivity index (χ0) is 13.8. The second-order valence-electron chi connectivity index (χ2n) is 5.97. The Labute approximate surface area is 121 Å². The van der Waals surface area contributed by atoms with Crippen molar-refractivity contribution >= 4 is 11.0 Å². The maximum absolute atomic E-state index is 4.48. The van der Waals surface area contributed by atoms with E-state index >= 15 is 0 Å². The molecule has 2 aromatic rings. The highest BCUT2D eigenvalue weighted by atomic mass is 15.0. The number of para-hydroxylation sites is 2. The van der Waals surface area contributed by atoms with Crippen LogP contribution in [0.25, 0.3) is 11.0 Å². The molecule has 2 unspecified atom stereocenters. The summed E-state index contributed by atoms with van der Waals surface area (Å²) in [7, 11) is 0. The maximum atomic E-state index is 4.48. The monoisotopic (exact) mass is 271 g/mol. The molecule has 0 amide bonds. The van der Waals surface area contributed by atoms with Gasteiger partial charge in [0.1, 0.15) is 0 Å². The SMILES string of the molecule is CCCNC1CCCC1CCn1cnc2ccccc21. The molecular formula is C17H25N3. The molecule has 0 radical (unpaired) electrons. The predicted molar refractivity (Wildman–Crippen MR) is 83.8 cm³/mol. The molecule has 108 valence electrons. The topological polar surface area (TPSA) is 29.9 Å². The van der Waals surface area contributed by atoms with Crippen LogP contribution in [0.2, 0.25) is 0 Å². The standard InChI is InChI=1S/C17H25N3/c1-2-11-18-15-8-5-6-14(15)10-12-20-13-19-16-7-3-4-9-17(16)20/h3-4,7,9,13-15,18H,2,5-6,8,10-12H2,1H3. The first-order chi connectivity index (χ1) is 9.88. The number of aryl methyl sites for hydroxylation is 1. The van der Waals surface area contributed by atoms with Gasteiger partial charge >= 0.3 is 0 Å². The summed E-state index contributed by atoms with van der Waals surface area (Å²) >= 11 is 0. The Bertz CT molecular complexity index is 546. The van der Waals surface area contributed by atoms with Crippen molar-refractivity contribution in [3.63, 3.8) is 0 Å². The van der Waals surface area contributed by atoms with Crippen LogP contribution in [-0.2, 0) is 6.54 Å². The summed E-state index contributed by atoms with van der Waals surface area (Å²) < 4.78 is 2.31. The Kier molecular flexibility index (Phi) is 4.36. The van der Waals surface area contributed by atoms with Crippen molar-refractivity contribution < 1.29 is 0 Å². The molecule has 0 aliphatic heterocycles. The summed E-state index contributed by atoms with van der Waals surface area (Å²) in [5.41, 5.74) is 2.38. The molecule has 3 nitrogen and oxygen atoms in total. The quantitative estimate of drug-likeness (QED) is 0.870. The van der Waals surface area contributed by atoms with Crippen molar-refractivity contribution in [2.75, 3.05) is 6.54 Å². The molecule has 1 saturated carbocycles. The summed E-state index contributed by atoms with van der Waals surface area (Å²) in [5, 5.41) is 3.72. The van der Waals surface area contributed by atoms with E-state index in [1.54, 1.807) is 0 Å². The molecular weight excluding hydrogens is 246 g/mol. The van der Waals surface area contributed by atoms with Gasteiger partial charge in [-0.3, -0.25) is 0 Å². The van der Waals surface area contributed by atoms with Crippen LogP contribution in [-0.4, -0.2) is 22.1 Å². The third kappa shape index (κ3) is 2.88. The van der Waals surface area contributed by atoms with Gasteiger partial charge in [0.05, 0.1) is 17.4 Å². The Morgan fingerprint density at radius 3 is 3.10 bits per heavy atom. The van der Waals surface area contributed by atoms with Crippen LogP contribution in [0.5, 0.6) is 0 Å². The fourth-order valence-electron chi connectivity index (χ4n) is 3.47. The summed E-state index contributed by atoms with van der Waals surface area (Å²) in [6.07, 6.45) is 8.62. The molecule has 1 aliphatic rings. The van der Waals surface area contributed by atoms with Gasteiger partial charge in [-0.25, -0.2) is 4.98 Å². The predicted octanol–water partition coefficient (Wildman–Crippen LogP) is 3.59. The summed E-state index contributed by atoms with van der Waals surface area (Å²) in [5.74, 6) is 0.836. The molecule has 0 spiro atoms. The second-order valence-corrected chi connectivity index (χ2v) is 5.97. The minimum absolute atomic E-state index is 0.740. The number of nitrogens with zero attached hydrogens (tertiary/aromatic N) is 2. The van der Waals surface area contributed by atoms with Gasteiger partial charge in [0.2, 0.25) is 0 Å². The third-order valence-electron chi connectivity index (χ3n) is 4.58. The molecule has 2 atom stereocenters. The second kappa shape index (κ2) is 6.40. The smallest absolute Gasteiger partial charge is 0.0958 e. The van der Waals surface area contributed by atoms with Gasteiger partial charge < -0.3 is 9.88 Å². The van der Waals surface area contributed by atoms with E-state index in [1.807, 2.05) is 6.33 Å². The molecule has 1 aliphatic carbocycles. The van der Waals surface area contributed by atoms with Crippen LogP contribution in [0.4, 0.5) is 0 Å². The fraction of sp³-hybridized carbons (Fsp3) is 0.588. The number of hydrogen-bond acceptors (Lipinski definition) is 2. The van der Waals surface area contributed by atoms with Gasteiger partial charge in [-0.1, -0.05) is 25.5 Å². The number of nitrogens with one attached hydrogen (secondary N) is 1. The van der Waals surface area contributed by atoms with E-state index in [0.29, 0.717) is 0 Å². The molecule has 20 heavy (non-hydrogen) atoms. The van der Waals surface area contributed by atoms with E-state index in [-0.39, 0.29) is 0 Å². The maximum Gasteiger partial charge on any atom is 0.0958 e. The number of imidazole rings is 1. The molecule has 1 aromatic carbocycles. The Morgan fingerprint density at radius 2 is 2.20 bits per heavy atom. The van der Waals surface area contributed by atoms with E-state index in [9.17, 15) is 0 Å². The van der Waals surface area contributed by atoms with Crippen LogP contribution in [0.15, 0.2) is 30.6 Å². The van der Waals surface area contributed by atoms with E-state index in [2.05, 4.69) is 46.1 Å². The molecule has 1 N–H and O–H groups in total. The van der Waals surface area contributed by atoms with Gasteiger partial charge in [0.15, 0.2) is 0 Å². The van der Waals surface area contributed by atoms with Gasteiger partial charge in [-0.05, 0) is 50.3 Å². The average Bonchev–Trinajstić information content (AvgIpc) is 3.09. The fourth-order valence-corrected chi connectivity index (χ4v) is 3.47. The van der Waals surface area contributed by atoms with E-state index in [0.717, 1.165) is 30.6 Å². The first-order valence-electron chi connectivity index (χ1n) is 8.01. The zero-order valence-electron chi connectivity index (χ0n) is 12.4. The molecule has 0 bridgehead atoms. The highest BCUT2D eigenvalue weighted by Gasteiger charge is 2.26. The first-order valence-corrected chi connectivity index (χ1v) is 8.01. The van der Waals surface area contributed by atoms with Crippen LogP contribution >= 0.6 is 0 Å². The van der Waals surface area contributed by atoms with Crippen molar-refractivity contribution in [2.24, 2.45) is 5.92 Å². The van der Waals surface area contributed by atoms with E-state index in [4.69, 9.17) is 0 Å². The molecule has 3 heteroatoms. The lowest BCUT2D eigenvalue weighted by Crippen LogP contribution is -2.33. The highest BCUT2D eigenvalue weighted by molar-refractivity contribution is 5.74. The lowest BCUT2D eigenvalue weighted by atomic mass is 9.99. The van der Waals surface area contributed by atoms with Crippen LogP contribution in [0, 0.1) is 5.92 Å². The van der Waals surface area contributed by atoms with Crippen molar-refractivity contribution in [2.45, 2.75) is 51.6 Å². The lowest BCUT2D eigenvalue weighted by Gasteiger charge is -2.21. The van der Waals surface area contributed by atoms with Crippen molar-refractivity contribution in [3.05, 3.63) is 30.6 Å². The third-order valence-corrected chi connectivity index (χ3v) is 4.58. The van der Waals surface area contributed by atoms with E-state index in [1.165, 1.54) is 37.6 Å². The molecule has 1 fully saturated rings. The van der Waals surface area contributed by atoms with Gasteiger partial charge in [-0.15, -0.1) is 0 Å². The van der Waals surface area contributed by atoms with Crippen LogP contribution in [0.1, 0.15) is 39.0 Å². The molecule has 1 heterocycles. The minimum Gasteiger partial charge on any atom is -0.331 e. The van der Waals surface area contributed by atoms with Gasteiger partial charge in [0, 0.05) is 12.6 Å². The van der Waals surface area contributed by atoms with Crippen LogP contribution in [0.3, 0.4) is 0 Å². The number of fused-ring (bicyclic) bond motifs is 1. The van der Waals surface area contributed by atoms with Crippen LogP contribution < -0.4 is 5.32 Å². The average molecular weight is 271 g/mol. The lowest BCUT2D eigenvalue weighted by molar-refractivity contribution is 0.363. The van der Waals surface area contributed by atoms with E-state index < -0.39 is 0 Å². The summed E-state index contributed by atoms with van der Waals surface area (Å²) in [6, 6.07) is 9.16. The molecule has 0 saturated heterocycles. The number of aromatic nitrogens is 2. The van der Waals surface area contributed by atoms with Crippen molar-refractivity contribution in [1.82, 2.24) is 14.9 Å². The van der Waals surface area contributed by atoms with Crippen molar-refractivity contribution in [3.8, 4) is 0 Å². The number of benzene rings is 1. The van der Waals surface area contributed by atoms with Crippen molar-refractivity contribution in [1.29, 1.82) is 0 Å². The Balaban J connectivity index is 1.61. The highest BCUT2D eigenvalue weighted by Crippen LogP contribution is 2.29. The van der Waals surface area contributed by atoms with Gasteiger partial charge in [-0.2, -0.15) is 0 Å². The minimum atomic E-state index is 0.740.